The summed E-state index contributed by atoms with van der Waals surface area (Å²) in [5.41, 5.74) is 1.84. The number of rotatable bonds is 4. The van der Waals surface area contributed by atoms with E-state index in [0.717, 1.165) is 12.0 Å². The number of hydrogen-bond acceptors (Lipinski definition) is 3. The first-order chi connectivity index (χ1) is 7.72. The predicted molar refractivity (Wildman–Crippen MR) is 58.8 cm³/mol. The highest BCUT2D eigenvalue weighted by Crippen LogP contribution is 2.22. The molecule has 1 N–H and O–H groups in total. The van der Waals surface area contributed by atoms with Crippen LogP contribution in [-0.4, -0.2) is 24.8 Å². The summed E-state index contributed by atoms with van der Waals surface area (Å²) in [6, 6.07) is 5.53. The average molecular weight is 220 g/mol. The van der Waals surface area contributed by atoms with E-state index < -0.39 is 5.97 Å². The summed E-state index contributed by atoms with van der Waals surface area (Å²) in [6.07, 6.45) is 2.03. The van der Waals surface area contributed by atoms with Crippen LogP contribution in [0.4, 0.5) is 0 Å². The van der Waals surface area contributed by atoms with Gasteiger partial charge in [-0.1, -0.05) is 6.07 Å². The van der Waals surface area contributed by atoms with Crippen LogP contribution in [0.2, 0.25) is 0 Å². The van der Waals surface area contributed by atoms with Gasteiger partial charge in [-0.05, 0) is 24.1 Å². The maximum atomic E-state index is 10.9. The highest BCUT2D eigenvalue weighted by atomic mass is 16.5. The molecule has 0 radical (unpaired) electrons. The van der Waals surface area contributed by atoms with Gasteiger partial charge in [0.2, 0.25) is 0 Å². The number of fused-ring (bicyclic) bond motifs is 1. The second-order valence-corrected chi connectivity index (χ2v) is 3.53. The zero-order chi connectivity index (χ0) is 11.5. The molecule has 0 fully saturated rings. The van der Waals surface area contributed by atoms with E-state index in [0.29, 0.717) is 17.6 Å². The summed E-state index contributed by atoms with van der Waals surface area (Å²) in [6.45, 7) is 0.617. The molecule has 0 saturated carbocycles. The number of hydrogen-bond donors (Lipinski definition) is 1. The van der Waals surface area contributed by atoms with Crippen LogP contribution >= 0.6 is 0 Å². The first-order valence-electron chi connectivity index (χ1n) is 4.94. The second-order valence-electron chi connectivity index (χ2n) is 3.53. The van der Waals surface area contributed by atoms with Crippen LogP contribution in [0.3, 0.4) is 0 Å². The van der Waals surface area contributed by atoms with Crippen molar-refractivity contribution in [3.63, 3.8) is 0 Å². The van der Waals surface area contributed by atoms with Crippen molar-refractivity contribution in [3.8, 4) is 0 Å². The Morgan fingerprint density at radius 2 is 2.31 bits per heavy atom. The normalized spacial score (nSPS) is 10.8. The van der Waals surface area contributed by atoms with Crippen molar-refractivity contribution in [3.05, 3.63) is 35.6 Å². The minimum atomic E-state index is -0.970. The highest BCUT2D eigenvalue weighted by Gasteiger charge is 2.12. The number of methoxy groups -OCH3 is 1. The van der Waals surface area contributed by atoms with Crippen molar-refractivity contribution >= 4 is 16.9 Å². The first kappa shape index (κ1) is 10.7. The van der Waals surface area contributed by atoms with Gasteiger partial charge in [-0.3, -0.25) is 0 Å². The van der Waals surface area contributed by atoms with Crippen LogP contribution in [0.25, 0.3) is 11.0 Å². The van der Waals surface area contributed by atoms with Crippen molar-refractivity contribution in [1.29, 1.82) is 0 Å². The number of carboxylic acid groups (broad SMARTS) is 1. The third-order valence-corrected chi connectivity index (χ3v) is 2.46. The fourth-order valence-corrected chi connectivity index (χ4v) is 1.62. The highest BCUT2D eigenvalue weighted by molar-refractivity contribution is 6.02. The molecule has 0 bridgehead atoms. The van der Waals surface area contributed by atoms with Gasteiger partial charge < -0.3 is 14.3 Å². The van der Waals surface area contributed by atoms with Crippen LogP contribution in [0.5, 0.6) is 0 Å². The molecular formula is C12H12O4. The van der Waals surface area contributed by atoms with Crippen molar-refractivity contribution in [2.75, 3.05) is 13.7 Å². The van der Waals surface area contributed by atoms with Gasteiger partial charge in [0.15, 0.2) is 0 Å². The molecule has 4 nitrogen and oxygen atoms in total. The number of carbonyl (C=O) groups is 1. The topological polar surface area (TPSA) is 59.7 Å². The van der Waals surface area contributed by atoms with Gasteiger partial charge in [0.1, 0.15) is 17.4 Å². The molecule has 0 saturated heterocycles. The number of benzene rings is 1. The Morgan fingerprint density at radius 3 is 3.00 bits per heavy atom. The summed E-state index contributed by atoms with van der Waals surface area (Å²) < 4.78 is 10.1. The van der Waals surface area contributed by atoms with Crippen LogP contribution in [0.15, 0.2) is 28.9 Å². The average Bonchev–Trinajstić information content (AvgIpc) is 2.69. The number of ether oxygens (including phenoxy) is 1. The minimum absolute atomic E-state index is 0.203. The van der Waals surface area contributed by atoms with Crippen LogP contribution in [0, 0.1) is 0 Å². The largest absolute Gasteiger partial charge is 0.478 e. The zero-order valence-corrected chi connectivity index (χ0v) is 8.90. The minimum Gasteiger partial charge on any atom is -0.478 e. The fraction of sp³-hybridized carbons (Fsp3) is 0.250. The molecule has 0 amide bonds. The van der Waals surface area contributed by atoms with Crippen molar-refractivity contribution in [1.82, 2.24) is 0 Å². The Balaban J connectivity index is 2.42. The maximum Gasteiger partial charge on any atom is 0.339 e. The van der Waals surface area contributed by atoms with Crippen LogP contribution < -0.4 is 0 Å². The lowest BCUT2D eigenvalue weighted by molar-refractivity contribution is 0.0698. The maximum absolute atomic E-state index is 10.9. The molecule has 1 heterocycles. The lowest BCUT2D eigenvalue weighted by Crippen LogP contribution is -1.96. The van der Waals surface area contributed by atoms with E-state index in [1.54, 1.807) is 13.2 Å². The summed E-state index contributed by atoms with van der Waals surface area (Å²) in [5, 5.41) is 9.59. The van der Waals surface area contributed by atoms with Crippen LogP contribution in [-0.2, 0) is 11.2 Å². The molecule has 0 aliphatic heterocycles. The molecule has 84 valence electrons. The third kappa shape index (κ3) is 1.92. The molecule has 0 unspecified atom stereocenters. The molecule has 16 heavy (non-hydrogen) atoms. The van der Waals surface area contributed by atoms with Gasteiger partial charge in [-0.15, -0.1) is 0 Å². The molecule has 1 aromatic carbocycles. The lowest BCUT2D eigenvalue weighted by Gasteiger charge is -2.00. The molecule has 4 heteroatoms. The van der Waals surface area contributed by atoms with Gasteiger partial charge in [-0.25, -0.2) is 4.79 Å². The van der Waals surface area contributed by atoms with Gasteiger partial charge in [-0.2, -0.15) is 0 Å². The number of aromatic carboxylic acids is 1. The fourth-order valence-electron chi connectivity index (χ4n) is 1.62. The molecule has 0 atom stereocenters. The van der Waals surface area contributed by atoms with Gasteiger partial charge in [0.25, 0.3) is 0 Å². The number of carboxylic acids is 1. The molecule has 2 aromatic rings. The lowest BCUT2D eigenvalue weighted by atomic mass is 10.1. The van der Waals surface area contributed by atoms with Gasteiger partial charge >= 0.3 is 5.97 Å². The predicted octanol–water partition coefficient (Wildman–Crippen LogP) is 2.32. The van der Waals surface area contributed by atoms with E-state index in [1.165, 1.54) is 6.26 Å². The smallest absolute Gasteiger partial charge is 0.339 e. The standard InChI is InChI=1S/C12H12O4/c1-15-5-4-8-2-3-11-9(6-8)10(7-16-11)12(13)14/h2-3,6-7H,4-5H2,1H3,(H,13,14). The van der Waals surface area contributed by atoms with Gasteiger partial charge in [0, 0.05) is 12.5 Å². The Bertz CT molecular complexity index is 513. The second kappa shape index (κ2) is 4.37. The Morgan fingerprint density at radius 1 is 1.50 bits per heavy atom. The summed E-state index contributed by atoms with van der Waals surface area (Å²) in [7, 11) is 1.64. The quantitative estimate of drug-likeness (QED) is 0.858. The molecule has 0 aliphatic carbocycles. The Hall–Kier alpha value is -1.81. The molecule has 0 spiro atoms. The summed E-state index contributed by atoms with van der Waals surface area (Å²) in [5.74, 6) is -0.970. The summed E-state index contributed by atoms with van der Waals surface area (Å²) >= 11 is 0. The van der Waals surface area contributed by atoms with E-state index in [1.807, 2.05) is 12.1 Å². The summed E-state index contributed by atoms with van der Waals surface area (Å²) in [4.78, 5) is 10.9. The van der Waals surface area contributed by atoms with Crippen molar-refractivity contribution in [2.45, 2.75) is 6.42 Å². The van der Waals surface area contributed by atoms with E-state index in [9.17, 15) is 4.79 Å². The molecule has 1 aromatic heterocycles. The number of furan rings is 1. The van der Waals surface area contributed by atoms with E-state index in [2.05, 4.69) is 0 Å². The Labute approximate surface area is 92.4 Å². The third-order valence-electron chi connectivity index (χ3n) is 2.46. The monoisotopic (exact) mass is 220 g/mol. The molecule has 0 aliphatic rings. The van der Waals surface area contributed by atoms with E-state index >= 15 is 0 Å². The molecule has 2 rings (SSSR count). The van der Waals surface area contributed by atoms with Gasteiger partial charge in [0.05, 0.1) is 6.61 Å². The van der Waals surface area contributed by atoms with E-state index in [4.69, 9.17) is 14.3 Å². The van der Waals surface area contributed by atoms with Crippen molar-refractivity contribution < 1.29 is 19.1 Å². The Kier molecular flexibility index (Phi) is 2.92. The van der Waals surface area contributed by atoms with Crippen LogP contribution in [0.1, 0.15) is 15.9 Å². The first-order valence-corrected chi connectivity index (χ1v) is 4.94. The molecular weight excluding hydrogens is 208 g/mol. The zero-order valence-electron chi connectivity index (χ0n) is 8.90. The van der Waals surface area contributed by atoms with E-state index in [-0.39, 0.29) is 5.56 Å². The van der Waals surface area contributed by atoms with Crippen molar-refractivity contribution in [2.24, 2.45) is 0 Å². The SMILES string of the molecule is COCCc1ccc2occ(C(=O)O)c2c1.